The Labute approximate surface area is 199 Å². The first kappa shape index (κ1) is 23.7. The molecule has 0 bridgehead atoms. The van der Waals surface area contributed by atoms with Crippen LogP contribution < -0.4 is 15.0 Å². The molecule has 2 aliphatic rings. The highest BCUT2D eigenvalue weighted by molar-refractivity contribution is 5.92. The molecule has 1 fully saturated rings. The molecule has 2 aromatic rings. The first-order valence-electron chi connectivity index (χ1n) is 11.6. The highest BCUT2D eigenvalue weighted by Crippen LogP contribution is 2.36. The fraction of sp³-hybridized carbons (Fsp3) is 0.500. The van der Waals surface area contributed by atoms with Gasteiger partial charge in [0.05, 0.1) is 6.10 Å². The van der Waals surface area contributed by atoms with Crippen LogP contribution in [0.4, 0.5) is 22.0 Å². The van der Waals surface area contributed by atoms with Crippen molar-refractivity contribution in [2.24, 2.45) is 0 Å². The second-order valence-electron chi connectivity index (χ2n) is 8.68. The minimum Gasteiger partial charge on any atom is -0.474 e. The van der Waals surface area contributed by atoms with Crippen LogP contribution in [0.25, 0.3) is 0 Å². The monoisotopic (exact) mass is 469 g/mol. The van der Waals surface area contributed by atoms with Gasteiger partial charge in [-0.15, -0.1) is 0 Å². The fourth-order valence-corrected chi connectivity index (χ4v) is 4.19. The van der Waals surface area contributed by atoms with Crippen LogP contribution >= 0.6 is 0 Å². The maximum atomic E-state index is 12.1. The summed E-state index contributed by atoms with van der Waals surface area (Å²) in [7, 11) is 1.49. The van der Waals surface area contributed by atoms with Crippen LogP contribution in [-0.4, -0.2) is 72.4 Å². The molecule has 1 N–H and O–H groups in total. The number of methoxy groups -OCH3 is 1. The van der Waals surface area contributed by atoms with Crippen molar-refractivity contribution in [3.05, 3.63) is 36.2 Å². The molecule has 2 aliphatic heterocycles. The van der Waals surface area contributed by atoms with Gasteiger partial charge >= 0.3 is 6.09 Å². The van der Waals surface area contributed by atoms with Crippen LogP contribution in [0, 0.1) is 0 Å². The second kappa shape index (κ2) is 10.7. The minimum absolute atomic E-state index is 0.0185. The number of ether oxygens (including phenoxy) is 3. The first-order valence-corrected chi connectivity index (χ1v) is 11.6. The Morgan fingerprint density at radius 1 is 1.15 bits per heavy atom. The van der Waals surface area contributed by atoms with Crippen molar-refractivity contribution >= 4 is 29.2 Å². The molecular formula is C24H31N5O5. The van der Waals surface area contributed by atoms with E-state index in [4.69, 9.17) is 14.2 Å². The Kier molecular flexibility index (Phi) is 7.46. The summed E-state index contributed by atoms with van der Waals surface area (Å²) in [6.45, 7) is 5.68. The number of carbonyl (C=O) groups is 2. The number of rotatable bonds is 7. The molecule has 0 atom stereocenters. The molecule has 0 spiro atoms. The average Bonchev–Trinajstić information content (AvgIpc) is 3.23. The van der Waals surface area contributed by atoms with E-state index in [2.05, 4.69) is 20.2 Å². The molecule has 1 aromatic carbocycles. The summed E-state index contributed by atoms with van der Waals surface area (Å²) in [6.07, 6.45) is 3.37. The molecule has 10 heteroatoms. The van der Waals surface area contributed by atoms with E-state index in [9.17, 15) is 9.59 Å². The zero-order chi connectivity index (χ0) is 24.1. The van der Waals surface area contributed by atoms with E-state index in [1.807, 2.05) is 38.1 Å². The smallest absolute Gasteiger partial charge is 0.410 e. The van der Waals surface area contributed by atoms with Crippen LogP contribution in [0.5, 0.6) is 5.88 Å². The highest BCUT2D eigenvalue weighted by Gasteiger charge is 2.27. The number of likely N-dealkylation sites (tertiary alicyclic amines) is 1. The summed E-state index contributed by atoms with van der Waals surface area (Å²) in [6, 6.07) is 7.70. The topological polar surface area (TPSA) is 106 Å². The SMILES string of the molecule is COCC(=O)Nc1ccc2c(c1)CCN2c1cc(OC2CCN(C(=O)OC(C)C)CC2)ncn1. The molecule has 1 saturated heterocycles. The molecule has 0 saturated carbocycles. The molecule has 0 aliphatic carbocycles. The van der Waals surface area contributed by atoms with Crippen molar-refractivity contribution in [2.75, 3.05) is 43.6 Å². The maximum Gasteiger partial charge on any atom is 0.410 e. The number of carbonyl (C=O) groups excluding carboxylic acids is 2. The second-order valence-corrected chi connectivity index (χ2v) is 8.68. The van der Waals surface area contributed by atoms with Gasteiger partial charge in [0.25, 0.3) is 0 Å². The molecule has 3 heterocycles. The lowest BCUT2D eigenvalue weighted by molar-refractivity contribution is -0.119. The van der Waals surface area contributed by atoms with E-state index in [0.29, 0.717) is 19.0 Å². The summed E-state index contributed by atoms with van der Waals surface area (Å²) < 4.78 is 16.3. The molecule has 4 rings (SSSR count). The standard InChI is InChI=1S/C24H31N5O5/c1-16(2)33-24(31)28-9-7-19(8-10-28)34-23-13-21(25-15-26-23)29-11-6-17-12-18(4-5-20(17)29)27-22(30)14-32-3/h4-5,12-13,15-16,19H,6-11,14H2,1-3H3,(H,27,30). The van der Waals surface area contributed by atoms with Crippen molar-refractivity contribution in [3.8, 4) is 5.88 Å². The number of hydrogen-bond donors (Lipinski definition) is 1. The number of piperidine rings is 1. The Balaban J connectivity index is 1.37. The molecular weight excluding hydrogens is 438 g/mol. The molecule has 0 unspecified atom stereocenters. The average molecular weight is 470 g/mol. The van der Waals surface area contributed by atoms with Gasteiger partial charge in [0.1, 0.15) is 24.9 Å². The lowest BCUT2D eigenvalue weighted by atomic mass is 10.1. The molecule has 2 amide bonds. The first-order chi connectivity index (χ1) is 16.4. The lowest BCUT2D eigenvalue weighted by Gasteiger charge is -2.31. The van der Waals surface area contributed by atoms with Crippen molar-refractivity contribution in [1.82, 2.24) is 14.9 Å². The van der Waals surface area contributed by atoms with E-state index in [1.54, 1.807) is 4.90 Å². The number of benzene rings is 1. The van der Waals surface area contributed by atoms with Gasteiger partial charge in [0.15, 0.2) is 0 Å². The highest BCUT2D eigenvalue weighted by atomic mass is 16.6. The van der Waals surface area contributed by atoms with E-state index in [1.165, 1.54) is 13.4 Å². The molecule has 1 aromatic heterocycles. The van der Waals surface area contributed by atoms with Gasteiger partial charge in [0, 0.05) is 57.0 Å². The zero-order valence-corrected chi connectivity index (χ0v) is 19.8. The van der Waals surface area contributed by atoms with Crippen molar-refractivity contribution in [3.63, 3.8) is 0 Å². The third kappa shape index (κ3) is 5.74. The van der Waals surface area contributed by atoms with Gasteiger partial charge in [-0.1, -0.05) is 0 Å². The van der Waals surface area contributed by atoms with Crippen molar-refractivity contribution in [1.29, 1.82) is 0 Å². The summed E-state index contributed by atoms with van der Waals surface area (Å²) in [5, 5.41) is 2.84. The van der Waals surface area contributed by atoms with Gasteiger partial charge in [0.2, 0.25) is 11.8 Å². The number of fused-ring (bicyclic) bond motifs is 1. The van der Waals surface area contributed by atoms with Crippen LogP contribution in [0.15, 0.2) is 30.6 Å². The Hall–Kier alpha value is -3.40. The molecule has 0 radical (unpaired) electrons. The van der Waals surface area contributed by atoms with Crippen LogP contribution in [-0.2, 0) is 20.7 Å². The molecule has 34 heavy (non-hydrogen) atoms. The largest absolute Gasteiger partial charge is 0.474 e. The van der Waals surface area contributed by atoms with Gasteiger partial charge in [-0.3, -0.25) is 4.79 Å². The predicted octanol–water partition coefficient (Wildman–Crippen LogP) is 3.14. The quantitative estimate of drug-likeness (QED) is 0.659. The van der Waals surface area contributed by atoms with Gasteiger partial charge < -0.3 is 29.3 Å². The van der Waals surface area contributed by atoms with E-state index >= 15 is 0 Å². The van der Waals surface area contributed by atoms with Gasteiger partial charge in [-0.05, 0) is 44.0 Å². The van der Waals surface area contributed by atoms with E-state index in [-0.39, 0.29) is 30.8 Å². The number of nitrogens with zero attached hydrogens (tertiary/aromatic N) is 4. The van der Waals surface area contributed by atoms with Crippen LogP contribution in [0.1, 0.15) is 32.3 Å². The number of aromatic nitrogens is 2. The van der Waals surface area contributed by atoms with Crippen molar-refractivity contribution < 1.29 is 23.8 Å². The van der Waals surface area contributed by atoms with Crippen molar-refractivity contribution in [2.45, 2.75) is 45.3 Å². The molecule has 182 valence electrons. The minimum atomic E-state index is -0.271. The molecule has 10 nitrogen and oxygen atoms in total. The lowest BCUT2D eigenvalue weighted by Crippen LogP contribution is -2.42. The third-order valence-electron chi connectivity index (χ3n) is 5.76. The number of anilines is 3. The van der Waals surface area contributed by atoms with Gasteiger partial charge in [-0.2, -0.15) is 0 Å². The normalized spacial score (nSPS) is 15.9. The van der Waals surface area contributed by atoms with Crippen LogP contribution in [0.3, 0.4) is 0 Å². The summed E-state index contributed by atoms with van der Waals surface area (Å²) in [4.78, 5) is 36.5. The fourth-order valence-electron chi connectivity index (χ4n) is 4.19. The maximum absolute atomic E-state index is 12.1. The Bertz CT molecular complexity index is 1020. The number of nitrogens with one attached hydrogen (secondary N) is 1. The third-order valence-corrected chi connectivity index (χ3v) is 5.76. The van der Waals surface area contributed by atoms with E-state index in [0.717, 1.165) is 48.6 Å². The number of amides is 2. The Morgan fingerprint density at radius 3 is 2.68 bits per heavy atom. The summed E-state index contributed by atoms with van der Waals surface area (Å²) in [5.41, 5.74) is 2.93. The van der Waals surface area contributed by atoms with Crippen LogP contribution in [0.2, 0.25) is 0 Å². The summed E-state index contributed by atoms with van der Waals surface area (Å²) in [5.74, 6) is 1.10. The zero-order valence-electron chi connectivity index (χ0n) is 19.8. The predicted molar refractivity (Wildman–Crippen MR) is 127 cm³/mol. The Morgan fingerprint density at radius 2 is 1.94 bits per heavy atom. The number of hydrogen-bond acceptors (Lipinski definition) is 8. The van der Waals surface area contributed by atoms with E-state index < -0.39 is 0 Å². The summed E-state index contributed by atoms with van der Waals surface area (Å²) >= 11 is 0. The van der Waals surface area contributed by atoms with Gasteiger partial charge in [-0.25, -0.2) is 14.8 Å².